The van der Waals surface area contributed by atoms with Crippen molar-refractivity contribution in [1.29, 1.82) is 0 Å². The molecule has 96 valence electrons. The minimum absolute atomic E-state index is 0.300. The second-order valence-corrected chi connectivity index (χ2v) is 6.19. The SMILES string of the molecule is O=S(=O)(Cl)c1nnc(CC(F)(F)F)n1C1CC1. The largest absolute Gasteiger partial charge is 0.396 e. The van der Waals surface area contributed by atoms with Gasteiger partial charge >= 0.3 is 6.18 Å². The van der Waals surface area contributed by atoms with Gasteiger partial charge in [0.2, 0.25) is 0 Å². The minimum Gasteiger partial charge on any atom is -0.297 e. The highest BCUT2D eigenvalue weighted by Gasteiger charge is 2.38. The zero-order valence-electron chi connectivity index (χ0n) is 8.28. The summed E-state index contributed by atoms with van der Waals surface area (Å²) in [5, 5.41) is 5.87. The third-order valence-electron chi connectivity index (χ3n) is 2.22. The standard InChI is InChI=1S/C7H7ClF3N3O2S/c8-17(15,16)6-13-12-5(3-7(9,10)11)14(6)4-1-2-4/h4H,1-3H2. The average Bonchev–Trinajstić information content (AvgIpc) is 2.84. The van der Waals surface area contributed by atoms with Crippen LogP contribution in [0.4, 0.5) is 13.2 Å². The topological polar surface area (TPSA) is 64.8 Å². The predicted molar refractivity (Wildman–Crippen MR) is 51.1 cm³/mol. The van der Waals surface area contributed by atoms with Crippen LogP contribution in [0.5, 0.6) is 0 Å². The molecule has 1 fully saturated rings. The maximum Gasteiger partial charge on any atom is 0.396 e. The van der Waals surface area contributed by atoms with E-state index in [1.54, 1.807) is 0 Å². The zero-order chi connectivity index (χ0) is 12.8. The predicted octanol–water partition coefficient (Wildman–Crippen LogP) is 1.65. The fourth-order valence-electron chi connectivity index (χ4n) is 1.47. The Morgan fingerprint density at radius 1 is 1.35 bits per heavy atom. The van der Waals surface area contributed by atoms with E-state index in [1.165, 1.54) is 0 Å². The molecule has 1 aliphatic rings. The van der Waals surface area contributed by atoms with Crippen LogP contribution in [0.2, 0.25) is 0 Å². The molecule has 1 aromatic heterocycles. The summed E-state index contributed by atoms with van der Waals surface area (Å²) in [4.78, 5) is 0. The van der Waals surface area contributed by atoms with E-state index in [-0.39, 0.29) is 6.04 Å². The first-order valence-electron chi connectivity index (χ1n) is 4.63. The van der Waals surface area contributed by atoms with E-state index in [9.17, 15) is 21.6 Å². The summed E-state index contributed by atoms with van der Waals surface area (Å²) >= 11 is 0. The Bertz CT molecular complexity index is 535. The molecule has 0 bridgehead atoms. The molecule has 1 aliphatic carbocycles. The van der Waals surface area contributed by atoms with Crippen LogP contribution in [-0.4, -0.2) is 29.4 Å². The second-order valence-electron chi connectivity index (χ2n) is 3.73. The van der Waals surface area contributed by atoms with Gasteiger partial charge in [0.25, 0.3) is 14.2 Å². The van der Waals surface area contributed by atoms with Crippen molar-refractivity contribution < 1.29 is 21.6 Å². The van der Waals surface area contributed by atoms with Crippen LogP contribution in [0.15, 0.2) is 5.16 Å². The Balaban J connectivity index is 2.44. The molecule has 0 atom stereocenters. The summed E-state index contributed by atoms with van der Waals surface area (Å²) in [5.41, 5.74) is 0. The van der Waals surface area contributed by atoms with Crippen molar-refractivity contribution in [3.8, 4) is 0 Å². The zero-order valence-corrected chi connectivity index (χ0v) is 9.85. The number of aromatic nitrogens is 3. The molecule has 0 unspecified atom stereocenters. The van der Waals surface area contributed by atoms with Gasteiger partial charge in [-0.1, -0.05) is 0 Å². The molecular formula is C7H7ClF3N3O2S. The molecule has 10 heteroatoms. The molecule has 17 heavy (non-hydrogen) atoms. The number of hydrogen-bond acceptors (Lipinski definition) is 4. The maximum atomic E-state index is 12.2. The van der Waals surface area contributed by atoms with E-state index in [0.717, 1.165) is 4.57 Å². The number of alkyl halides is 3. The van der Waals surface area contributed by atoms with Crippen LogP contribution >= 0.6 is 10.7 Å². The Morgan fingerprint density at radius 2 is 1.94 bits per heavy atom. The molecule has 1 saturated carbocycles. The molecule has 0 saturated heterocycles. The van der Waals surface area contributed by atoms with Gasteiger partial charge in [-0.3, -0.25) is 4.57 Å². The van der Waals surface area contributed by atoms with Gasteiger partial charge in [-0.05, 0) is 12.8 Å². The lowest BCUT2D eigenvalue weighted by molar-refractivity contribution is -0.129. The lowest BCUT2D eigenvalue weighted by Gasteiger charge is -2.08. The lowest BCUT2D eigenvalue weighted by atomic mass is 10.4. The van der Waals surface area contributed by atoms with Gasteiger partial charge in [0.15, 0.2) is 0 Å². The number of halogens is 4. The summed E-state index contributed by atoms with van der Waals surface area (Å²) in [6, 6.07) is -0.300. The van der Waals surface area contributed by atoms with Gasteiger partial charge < -0.3 is 0 Å². The van der Waals surface area contributed by atoms with E-state index in [4.69, 9.17) is 10.7 Å². The molecule has 0 aliphatic heterocycles. The van der Waals surface area contributed by atoms with Crippen LogP contribution in [0.1, 0.15) is 24.7 Å². The van der Waals surface area contributed by atoms with Crippen LogP contribution in [-0.2, 0) is 15.5 Å². The molecule has 2 rings (SSSR count). The van der Waals surface area contributed by atoms with Gasteiger partial charge in [0.1, 0.15) is 12.2 Å². The molecule has 0 aromatic carbocycles. The van der Waals surface area contributed by atoms with Crippen LogP contribution in [0, 0.1) is 0 Å². The quantitative estimate of drug-likeness (QED) is 0.794. The van der Waals surface area contributed by atoms with Crippen molar-refractivity contribution in [3.05, 3.63) is 5.82 Å². The maximum absolute atomic E-state index is 12.2. The van der Waals surface area contributed by atoms with Gasteiger partial charge in [0.05, 0.1) is 0 Å². The van der Waals surface area contributed by atoms with Crippen molar-refractivity contribution in [2.75, 3.05) is 0 Å². The first-order chi connectivity index (χ1) is 7.68. The van der Waals surface area contributed by atoms with Gasteiger partial charge in [0, 0.05) is 16.7 Å². The minimum atomic E-state index is -4.47. The Morgan fingerprint density at radius 3 is 2.35 bits per heavy atom. The van der Waals surface area contributed by atoms with E-state index in [1.807, 2.05) is 0 Å². The molecule has 0 spiro atoms. The second kappa shape index (κ2) is 3.84. The molecule has 0 N–H and O–H groups in total. The third kappa shape index (κ3) is 2.89. The summed E-state index contributed by atoms with van der Waals surface area (Å²) in [5.74, 6) is -0.417. The Labute approximate surface area is 99.0 Å². The normalized spacial score (nSPS) is 17.4. The van der Waals surface area contributed by atoms with Crippen LogP contribution in [0.3, 0.4) is 0 Å². The highest BCUT2D eigenvalue weighted by atomic mass is 35.7. The summed E-state index contributed by atoms with van der Waals surface area (Å²) in [6.45, 7) is 0. The molecule has 0 amide bonds. The lowest BCUT2D eigenvalue weighted by Crippen LogP contribution is -2.17. The van der Waals surface area contributed by atoms with Gasteiger partial charge in [-0.25, -0.2) is 8.42 Å². The van der Waals surface area contributed by atoms with Crippen molar-refractivity contribution in [1.82, 2.24) is 14.8 Å². The van der Waals surface area contributed by atoms with Gasteiger partial charge in [-0.2, -0.15) is 13.2 Å². The molecule has 5 nitrogen and oxygen atoms in total. The summed E-state index contributed by atoms with van der Waals surface area (Å²) in [7, 11) is 0.909. The molecule has 1 heterocycles. The van der Waals surface area contributed by atoms with E-state index in [2.05, 4.69) is 10.2 Å². The van der Waals surface area contributed by atoms with Crippen molar-refractivity contribution in [2.24, 2.45) is 0 Å². The van der Waals surface area contributed by atoms with Crippen LogP contribution < -0.4 is 0 Å². The number of rotatable bonds is 3. The third-order valence-corrected chi connectivity index (χ3v) is 3.35. The van der Waals surface area contributed by atoms with E-state index in [0.29, 0.717) is 12.8 Å². The van der Waals surface area contributed by atoms with Crippen LogP contribution in [0.25, 0.3) is 0 Å². The molecule has 1 aromatic rings. The smallest absolute Gasteiger partial charge is 0.297 e. The fraction of sp³-hybridized carbons (Fsp3) is 0.714. The summed E-state index contributed by atoms with van der Waals surface area (Å²) in [6.07, 6.45) is -4.58. The summed E-state index contributed by atoms with van der Waals surface area (Å²) < 4.78 is 60.0. The Hall–Kier alpha value is -0.830. The van der Waals surface area contributed by atoms with E-state index < -0.39 is 32.6 Å². The average molecular weight is 290 g/mol. The molecular weight excluding hydrogens is 283 g/mol. The number of nitrogens with zero attached hydrogens (tertiary/aromatic N) is 3. The molecule has 0 radical (unpaired) electrons. The van der Waals surface area contributed by atoms with E-state index >= 15 is 0 Å². The highest BCUT2D eigenvalue weighted by Crippen LogP contribution is 2.39. The number of hydrogen-bond donors (Lipinski definition) is 0. The van der Waals surface area contributed by atoms with Crippen molar-refractivity contribution in [3.63, 3.8) is 0 Å². The highest BCUT2D eigenvalue weighted by molar-refractivity contribution is 8.13. The monoisotopic (exact) mass is 289 g/mol. The van der Waals surface area contributed by atoms with Gasteiger partial charge in [-0.15, -0.1) is 10.2 Å². The first-order valence-corrected chi connectivity index (χ1v) is 6.94. The Kier molecular flexibility index (Phi) is 2.85. The fourth-order valence-corrected chi connectivity index (χ4v) is 2.42. The van der Waals surface area contributed by atoms with Crippen molar-refractivity contribution in [2.45, 2.75) is 36.6 Å². The first kappa shape index (κ1) is 12.6. The van der Waals surface area contributed by atoms with Crippen molar-refractivity contribution >= 4 is 19.7 Å².